The minimum absolute atomic E-state index is 0.228. The van der Waals surface area contributed by atoms with E-state index in [-0.39, 0.29) is 10.9 Å². The van der Waals surface area contributed by atoms with E-state index in [1.165, 1.54) is 249 Å². The van der Waals surface area contributed by atoms with Crippen LogP contribution in [0.2, 0.25) is 0 Å². The number of hydrogen-bond donors (Lipinski definition) is 0. The highest BCUT2D eigenvalue weighted by atomic mass is 32.2. The quantitative estimate of drug-likeness (QED) is 0.0253. The van der Waals surface area contributed by atoms with E-state index in [9.17, 15) is 13.2 Å². The number of hydrogen-bond acceptors (Lipinski definition) is 12. The first-order valence-electron chi connectivity index (χ1n) is 44.6. The van der Waals surface area contributed by atoms with Crippen molar-refractivity contribution in [2.24, 2.45) is 0 Å². The largest absolute Gasteiger partial charge is 0.491 e. The fraction of sp³-hybridized carbons (Fsp3) is 0.423. The Bertz CT molecular complexity index is 5260. The highest BCUT2D eigenvalue weighted by Crippen LogP contribution is 2.42. The summed E-state index contributed by atoms with van der Waals surface area (Å²) in [6.07, 6.45) is 16.1. The fourth-order valence-corrected chi connectivity index (χ4v) is 31.8. The van der Waals surface area contributed by atoms with Gasteiger partial charge in [-0.05, 0) is 206 Å². The molecule has 18 rings (SSSR count). The van der Waals surface area contributed by atoms with Crippen LogP contribution < -0.4 is 28.4 Å². The summed E-state index contributed by atoms with van der Waals surface area (Å²) in [5, 5.41) is 14.7. The van der Waals surface area contributed by atoms with Crippen LogP contribution >= 0.6 is 0 Å². The van der Waals surface area contributed by atoms with Crippen LogP contribution in [0.15, 0.2) is 248 Å². The van der Waals surface area contributed by atoms with Crippen molar-refractivity contribution in [2.45, 2.75) is 132 Å². The molecule has 666 valence electrons. The molecular formula is C104H127F3O12S6+6. The molecule has 0 bridgehead atoms. The molecule has 6 heterocycles. The van der Waals surface area contributed by atoms with Crippen LogP contribution in [-0.2, 0) is 93.8 Å². The van der Waals surface area contributed by atoms with E-state index in [0.29, 0.717) is 127 Å². The lowest BCUT2D eigenvalue weighted by Gasteiger charge is -2.16. The van der Waals surface area contributed by atoms with Gasteiger partial charge in [-0.2, -0.15) is 13.2 Å². The number of benzene rings is 12. The number of rotatable bonds is 29. The molecule has 0 aliphatic carbocycles. The molecule has 0 amide bonds. The highest BCUT2D eigenvalue weighted by molar-refractivity contribution is 7.98. The third kappa shape index (κ3) is 27.1. The van der Waals surface area contributed by atoms with Gasteiger partial charge in [-0.3, -0.25) is 0 Å². The predicted octanol–water partition coefficient (Wildman–Crippen LogP) is 23.8. The summed E-state index contributed by atoms with van der Waals surface area (Å²) in [7, 11) is 10.7. The average Bonchev–Trinajstić information content (AvgIpc) is 1.12. The number of methoxy groups -OCH3 is 5. The smallest absolute Gasteiger partial charge is 0.422 e. The summed E-state index contributed by atoms with van der Waals surface area (Å²) in [6, 6.07) is 76.3. The van der Waals surface area contributed by atoms with Gasteiger partial charge in [-0.15, -0.1) is 0 Å². The van der Waals surface area contributed by atoms with E-state index < -0.39 is 12.8 Å². The van der Waals surface area contributed by atoms with Crippen LogP contribution in [0.5, 0.6) is 34.5 Å². The summed E-state index contributed by atoms with van der Waals surface area (Å²) in [6.45, 7) is 4.20. The van der Waals surface area contributed by atoms with Crippen molar-refractivity contribution in [3.8, 4) is 34.5 Å². The maximum absolute atomic E-state index is 12.3. The molecule has 6 aliphatic heterocycles. The van der Waals surface area contributed by atoms with Gasteiger partial charge >= 0.3 is 6.18 Å². The third-order valence-corrected chi connectivity index (χ3v) is 38.2. The van der Waals surface area contributed by atoms with E-state index in [1.807, 2.05) is 30.3 Å². The first-order chi connectivity index (χ1) is 61.5. The maximum atomic E-state index is 12.3. The van der Waals surface area contributed by atoms with Crippen LogP contribution in [-0.4, -0.2) is 184 Å². The van der Waals surface area contributed by atoms with Crippen molar-refractivity contribution < 1.29 is 70.0 Å². The molecule has 12 aromatic rings. The van der Waals surface area contributed by atoms with E-state index >= 15 is 0 Å². The first kappa shape index (κ1) is 95.2. The second-order valence-corrected chi connectivity index (χ2v) is 44.9. The minimum atomic E-state index is -4.31. The lowest BCUT2D eigenvalue weighted by atomic mass is 10.1. The van der Waals surface area contributed by atoms with Gasteiger partial charge in [0.05, 0.1) is 33.0 Å². The predicted molar refractivity (Wildman–Crippen MR) is 525 cm³/mol. The molecule has 12 aromatic carbocycles. The van der Waals surface area contributed by atoms with Crippen molar-refractivity contribution in [3.63, 3.8) is 0 Å². The zero-order valence-corrected chi connectivity index (χ0v) is 78.5. The monoisotopic (exact) mass is 1820 g/mol. The van der Waals surface area contributed by atoms with Gasteiger partial charge in [0.15, 0.2) is 49.6 Å². The standard InChI is InChI=1S/C20H27O3S.C18H23O2S.2C17H21O2S.C16H16F3OS.C16H19O2S/c1-21-11-12-22-13-14-23-19-9-10-20(24-15-5-2-6-16-24)18-8-4-3-7-17(18)19;1-19-11-12-20-17-9-10-18(21-13-5-2-6-14-21)16-8-4-3-7-15(16)17;1-18-13-19-16-9-10-17(20-11-5-2-6-12-20)15-8-4-3-7-14(15)16;1-18-10-11-19-16-8-9-17(20-12-4-5-13-20)15-7-3-2-6-14(15)16;17-16(18,19)11-20-14-7-8-15(21-9-3-4-10-21)13-6-2-1-5-12(13)14;1-17-12-18-15-8-9-16(19-10-4-5-11-19)14-7-3-2-6-13(14)15/h3-4,7-10H,2,5-6,11-16H2,1H3;3-4,7-10H,2,5-6,11-14H2,1H3;3-4,7-10H,2,5-6,11-13H2,1H3;2-3,6-9H,4-5,10-13H2,1H3;1-2,5-8H,3-4,9-11H2;2-3,6-9H,4-5,10-12H2,1H3/q6*+1. The van der Waals surface area contributed by atoms with Crippen molar-refractivity contribution >= 4 is 130 Å². The van der Waals surface area contributed by atoms with Gasteiger partial charge in [0.1, 0.15) is 123 Å². The summed E-state index contributed by atoms with van der Waals surface area (Å²) < 4.78 is 102. The van der Waals surface area contributed by atoms with Gasteiger partial charge < -0.3 is 56.8 Å². The Balaban J connectivity index is 0.000000129. The van der Waals surface area contributed by atoms with Crippen LogP contribution in [0, 0.1) is 0 Å². The molecular weight excluding hydrogens is 1690 g/mol. The van der Waals surface area contributed by atoms with E-state index in [0.717, 1.165) is 39.5 Å². The van der Waals surface area contributed by atoms with Gasteiger partial charge in [0.2, 0.25) is 0 Å². The van der Waals surface area contributed by atoms with Gasteiger partial charge in [-0.25, -0.2) is 0 Å². The lowest BCUT2D eigenvalue weighted by Crippen LogP contribution is -2.19. The molecule has 0 N–H and O–H groups in total. The van der Waals surface area contributed by atoms with Crippen LogP contribution in [0.3, 0.4) is 0 Å². The Hall–Kier alpha value is -7.35. The minimum Gasteiger partial charge on any atom is -0.491 e. The molecule has 0 atom stereocenters. The molecule has 0 saturated carbocycles. The normalized spacial score (nSPS) is 16.1. The van der Waals surface area contributed by atoms with E-state index in [1.54, 1.807) is 41.6 Å². The summed E-state index contributed by atoms with van der Waals surface area (Å²) in [5.74, 6) is 21.0. The van der Waals surface area contributed by atoms with Crippen molar-refractivity contribution in [2.75, 3.05) is 178 Å². The number of ether oxygens (including phenoxy) is 12. The summed E-state index contributed by atoms with van der Waals surface area (Å²) in [5.41, 5.74) is 0. The van der Waals surface area contributed by atoms with Crippen LogP contribution in [0.25, 0.3) is 64.6 Å². The van der Waals surface area contributed by atoms with Gasteiger partial charge in [0, 0.05) is 166 Å². The molecule has 0 radical (unpaired) electrons. The van der Waals surface area contributed by atoms with Gasteiger partial charge in [0.25, 0.3) is 0 Å². The summed E-state index contributed by atoms with van der Waals surface area (Å²) in [4.78, 5) is 8.88. The number of alkyl halides is 3. The Morgan fingerprint density at radius 2 is 0.400 bits per heavy atom. The van der Waals surface area contributed by atoms with Crippen LogP contribution in [0.1, 0.15) is 96.3 Å². The molecule has 6 saturated heterocycles. The molecule has 0 aromatic heterocycles. The van der Waals surface area contributed by atoms with Crippen LogP contribution in [0.4, 0.5) is 13.2 Å². The van der Waals surface area contributed by atoms with Crippen molar-refractivity contribution in [1.29, 1.82) is 0 Å². The topological polar surface area (TPSA) is 111 Å². The SMILES string of the molecule is COCCOCCOc1ccc([S+]2CCCCC2)c2ccccc12.COCCOc1ccc([S+]2CCCC2)c2ccccc12.COCCOc1ccc([S+]2CCCCC2)c2ccccc12.COCOc1ccc([S+]2CCCC2)c2ccccc12.COCOc1ccc([S+]2CCCCC2)c2ccccc12.FC(F)(F)COc1ccc([S+]2CCCC2)c2ccccc12. The third-order valence-electron chi connectivity index (χ3n) is 22.9. The molecule has 0 spiro atoms. The highest BCUT2D eigenvalue weighted by Gasteiger charge is 2.36. The Morgan fingerprint density at radius 3 is 0.624 bits per heavy atom. The molecule has 6 fully saturated rings. The molecule has 0 unspecified atom stereocenters. The van der Waals surface area contributed by atoms with Gasteiger partial charge in [-0.1, -0.05) is 109 Å². The first-order valence-corrected chi connectivity index (χ1v) is 53.9. The zero-order chi connectivity index (χ0) is 86.6. The molecule has 125 heavy (non-hydrogen) atoms. The average molecular weight is 1820 g/mol. The Morgan fingerprint density at radius 1 is 0.208 bits per heavy atom. The number of halogens is 3. The Kier molecular flexibility index (Phi) is 39.0. The second kappa shape index (κ2) is 51.1. The zero-order valence-electron chi connectivity index (χ0n) is 73.6. The Labute approximate surface area is 756 Å². The molecule has 21 heteroatoms. The van der Waals surface area contributed by atoms with Crippen molar-refractivity contribution in [3.05, 3.63) is 218 Å². The van der Waals surface area contributed by atoms with E-state index in [4.69, 9.17) is 56.8 Å². The van der Waals surface area contributed by atoms with E-state index in [2.05, 4.69) is 182 Å². The fourth-order valence-electron chi connectivity index (χ4n) is 16.8. The number of fused-ring (bicyclic) bond motifs is 6. The van der Waals surface area contributed by atoms with Crippen molar-refractivity contribution in [1.82, 2.24) is 0 Å². The maximum Gasteiger partial charge on any atom is 0.422 e. The summed E-state index contributed by atoms with van der Waals surface area (Å²) >= 11 is 0. The second-order valence-electron chi connectivity index (χ2n) is 31.5. The molecule has 6 aliphatic rings. The molecule has 12 nitrogen and oxygen atoms in total. The lowest BCUT2D eigenvalue weighted by molar-refractivity contribution is -0.153.